The van der Waals surface area contributed by atoms with Crippen LogP contribution in [0.3, 0.4) is 0 Å². The molecule has 1 aromatic carbocycles. The molecule has 2 heteroatoms. The van der Waals surface area contributed by atoms with Crippen LogP contribution in [0, 0.1) is 5.41 Å². The van der Waals surface area contributed by atoms with Gasteiger partial charge in [0.2, 0.25) is 0 Å². The van der Waals surface area contributed by atoms with E-state index in [-0.39, 0.29) is 6.10 Å². The minimum absolute atomic E-state index is 0.283. The van der Waals surface area contributed by atoms with E-state index in [2.05, 4.69) is 31.2 Å². The van der Waals surface area contributed by atoms with Crippen LogP contribution in [0.15, 0.2) is 24.3 Å². The second-order valence-electron chi connectivity index (χ2n) is 6.33. The molecule has 0 spiro atoms. The van der Waals surface area contributed by atoms with Crippen molar-refractivity contribution in [3.63, 3.8) is 0 Å². The van der Waals surface area contributed by atoms with E-state index in [0.717, 1.165) is 25.9 Å². The van der Waals surface area contributed by atoms with E-state index < -0.39 is 0 Å². The molecule has 2 nitrogen and oxygen atoms in total. The van der Waals surface area contributed by atoms with Gasteiger partial charge in [-0.3, -0.25) is 0 Å². The minimum Gasteiger partial charge on any atom is -0.373 e. The van der Waals surface area contributed by atoms with Gasteiger partial charge in [0.1, 0.15) is 0 Å². The largest absolute Gasteiger partial charge is 0.373 e. The van der Waals surface area contributed by atoms with Gasteiger partial charge in [-0.15, -0.1) is 0 Å². The highest BCUT2D eigenvalue weighted by Crippen LogP contribution is 2.45. The summed E-state index contributed by atoms with van der Waals surface area (Å²) in [7, 11) is 0. The molecule has 3 rings (SSSR count). The van der Waals surface area contributed by atoms with Gasteiger partial charge in [-0.2, -0.15) is 0 Å². The Morgan fingerprint density at radius 2 is 2.22 bits per heavy atom. The summed E-state index contributed by atoms with van der Waals surface area (Å²) >= 11 is 0. The molecule has 3 unspecified atom stereocenters. The molecule has 1 heterocycles. The van der Waals surface area contributed by atoms with Crippen molar-refractivity contribution in [3.05, 3.63) is 35.4 Å². The lowest BCUT2D eigenvalue weighted by atomic mass is 9.79. The lowest BCUT2D eigenvalue weighted by molar-refractivity contribution is 0.00955. The second kappa shape index (κ2) is 4.67. The SMILES string of the molecule is CC1(CC2OCCc3ccccc32)CCC(N)C1. The average Bonchev–Trinajstić information content (AvgIpc) is 2.70. The molecule has 3 atom stereocenters. The lowest BCUT2D eigenvalue weighted by Gasteiger charge is -2.33. The summed E-state index contributed by atoms with van der Waals surface area (Å²) in [6, 6.07) is 9.14. The maximum Gasteiger partial charge on any atom is 0.0832 e. The van der Waals surface area contributed by atoms with Gasteiger partial charge in [0.25, 0.3) is 0 Å². The van der Waals surface area contributed by atoms with E-state index >= 15 is 0 Å². The molecule has 0 saturated heterocycles. The first-order valence-electron chi connectivity index (χ1n) is 7.11. The molecule has 2 aliphatic rings. The molecule has 18 heavy (non-hydrogen) atoms. The average molecular weight is 245 g/mol. The van der Waals surface area contributed by atoms with Crippen molar-refractivity contribution >= 4 is 0 Å². The number of benzene rings is 1. The summed E-state index contributed by atoms with van der Waals surface area (Å²) in [5, 5.41) is 0. The monoisotopic (exact) mass is 245 g/mol. The lowest BCUT2D eigenvalue weighted by Crippen LogP contribution is -2.25. The fraction of sp³-hybridized carbons (Fsp3) is 0.625. The van der Waals surface area contributed by atoms with Gasteiger partial charge in [0.05, 0.1) is 12.7 Å². The van der Waals surface area contributed by atoms with Crippen LogP contribution in [-0.2, 0) is 11.2 Å². The van der Waals surface area contributed by atoms with Gasteiger partial charge in [0.15, 0.2) is 0 Å². The third kappa shape index (κ3) is 2.32. The minimum atomic E-state index is 0.283. The Labute approximate surface area is 110 Å². The number of hydrogen-bond donors (Lipinski definition) is 1. The van der Waals surface area contributed by atoms with Crippen LogP contribution >= 0.6 is 0 Å². The summed E-state index contributed by atoms with van der Waals surface area (Å²) in [4.78, 5) is 0. The molecular formula is C16H23NO. The van der Waals surface area contributed by atoms with E-state index in [1.165, 1.54) is 24.0 Å². The van der Waals surface area contributed by atoms with Gasteiger partial charge in [-0.05, 0) is 48.6 Å². The zero-order chi connectivity index (χ0) is 12.6. The number of rotatable bonds is 2. The third-order valence-electron chi connectivity index (χ3n) is 4.64. The first-order chi connectivity index (χ1) is 8.66. The Morgan fingerprint density at radius 1 is 1.39 bits per heavy atom. The van der Waals surface area contributed by atoms with Crippen LogP contribution in [0.25, 0.3) is 0 Å². The van der Waals surface area contributed by atoms with Crippen molar-refractivity contribution in [1.29, 1.82) is 0 Å². The second-order valence-corrected chi connectivity index (χ2v) is 6.33. The van der Waals surface area contributed by atoms with Crippen molar-refractivity contribution in [1.82, 2.24) is 0 Å². The molecule has 1 saturated carbocycles. The molecule has 0 radical (unpaired) electrons. The Morgan fingerprint density at radius 3 is 3.00 bits per heavy atom. The highest BCUT2D eigenvalue weighted by Gasteiger charge is 2.37. The predicted molar refractivity (Wildman–Crippen MR) is 73.4 cm³/mol. The standard InChI is InChI=1S/C16H23NO/c1-16(8-6-13(17)10-16)11-15-14-5-3-2-4-12(14)7-9-18-15/h2-5,13,15H,6-11,17H2,1H3. The van der Waals surface area contributed by atoms with E-state index in [0.29, 0.717) is 11.5 Å². The zero-order valence-corrected chi connectivity index (χ0v) is 11.2. The Kier molecular flexibility index (Phi) is 3.16. The maximum absolute atomic E-state index is 6.07. The van der Waals surface area contributed by atoms with E-state index in [1.807, 2.05) is 0 Å². The highest BCUT2D eigenvalue weighted by atomic mass is 16.5. The molecular weight excluding hydrogens is 222 g/mol. The number of fused-ring (bicyclic) bond motifs is 1. The smallest absolute Gasteiger partial charge is 0.0832 e. The molecule has 2 N–H and O–H groups in total. The Hall–Kier alpha value is -0.860. The number of ether oxygens (including phenoxy) is 1. The van der Waals surface area contributed by atoms with Crippen LogP contribution in [0.4, 0.5) is 0 Å². The molecule has 1 aliphatic carbocycles. The Bertz CT molecular complexity index is 431. The first kappa shape index (κ1) is 12.2. The van der Waals surface area contributed by atoms with E-state index in [9.17, 15) is 0 Å². The van der Waals surface area contributed by atoms with Crippen LogP contribution in [0.5, 0.6) is 0 Å². The third-order valence-corrected chi connectivity index (χ3v) is 4.64. The number of hydrogen-bond acceptors (Lipinski definition) is 2. The molecule has 1 fully saturated rings. The molecule has 1 aromatic rings. The van der Waals surface area contributed by atoms with Crippen molar-refractivity contribution in [2.24, 2.45) is 11.1 Å². The van der Waals surface area contributed by atoms with Crippen LogP contribution in [0.2, 0.25) is 0 Å². The summed E-state index contributed by atoms with van der Waals surface area (Å²) in [6.07, 6.45) is 6.03. The van der Waals surface area contributed by atoms with Gasteiger partial charge in [-0.1, -0.05) is 31.2 Å². The fourth-order valence-electron chi connectivity index (χ4n) is 3.65. The van der Waals surface area contributed by atoms with Crippen LogP contribution < -0.4 is 5.73 Å². The maximum atomic E-state index is 6.07. The zero-order valence-electron chi connectivity index (χ0n) is 11.2. The van der Waals surface area contributed by atoms with Crippen molar-refractivity contribution in [3.8, 4) is 0 Å². The highest BCUT2D eigenvalue weighted by molar-refractivity contribution is 5.31. The van der Waals surface area contributed by atoms with Gasteiger partial charge in [0, 0.05) is 6.04 Å². The summed E-state index contributed by atoms with van der Waals surface area (Å²) in [5.41, 5.74) is 9.32. The molecule has 0 amide bonds. The Balaban J connectivity index is 1.78. The topological polar surface area (TPSA) is 35.2 Å². The van der Waals surface area contributed by atoms with Crippen molar-refractivity contribution in [2.75, 3.05) is 6.61 Å². The molecule has 0 bridgehead atoms. The summed E-state index contributed by atoms with van der Waals surface area (Å²) < 4.78 is 6.03. The molecule has 1 aliphatic heterocycles. The molecule has 98 valence electrons. The van der Waals surface area contributed by atoms with Crippen molar-refractivity contribution < 1.29 is 4.74 Å². The van der Waals surface area contributed by atoms with Gasteiger partial charge in [-0.25, -0.2) is 0 Å². The van der Waals surface area contributed by atoms with Crippen LogP contribution in [-0.4, -0.2) is 12.6 Å². The number of nitrogens with two attached hydrogens (primary N) is 1. The van der Waals surface area contributed by atoms with Gasteiger partial charge >= 0.3 is 0 Å². The van der Waals surface area contributed by atoms with Crippen molar-refractivity contribution in [2.45, 2.75) is 51.2 Å². The summed E-state index contributed by atoms with van der Waals surface area (Å²) in [6.45, 7) is 3.24. The van der Waals surface area contributed by atoms with E-state index in [1.54, 1.807) is 0 Å². The van der Waals surface area contributed by atoms with E-state index in [4.69, 9.17) is 10.5 Å². The van der Waals surface area contributed by atoms with Crippen LogP contribution in [0.1, 0.15) is 49.8 Å². The first-order valence-corrected chi connectivity index (χ1v) is 7.11. The predicted octanol–water partition coefficient (Wildman–Crippen LogP) is 3.21. The summed E-state index contributed by atoms with van der Waals surface area (Å²) in [5.74, 6) is 0. The molecule has 0 aromatic heterocycles. The quantitative estimate of drug-likeness (QED) is 0.868. The normalized spacial score (nSPS) is 35.4. The fourth-order valence-corrected chi connectivity index (χ4v) is 3.65. The van der Waals surface area contributed by atoms with Gasteiger partial charge < -0.3 is 10.5 Å².